The zero-order chi connectivity index (χ0) is 18.0. The van der Waals surface area contributed by atoms with Gasteiger partial charge in [-0.3, -0.25) is 4.79 Å². The van der Waals surface area contributed by atoms with Gasteiger partial charge in [-0.25, -0.2) is 4.79 Å². The number of aryl methyl sites for hydroxylation is 1. The molecule has 3 atom stereocenters. The summed E-state index contributed by atoms with van der Waals surface area (Å²) in [4.78, 5) is 27.2. The van der Waals surface area contributed by atoms with Gasteiger partial charge >= 0.3 is 5.97 Å². The van der Waals surface area contributed by atoms with Gasteiger partial charge in [0.05, 0.1) is 12.7 Å². The van der Waals surface area contributed by atoms with Gasteiger partial charge in [0.2, 0.25) is 0 Å². The first-order valence-corrected chi connectivity index (χ1v) is 9.81. The van der Waals surface area contributed by atoms with Gasteiger partial charge in [0.25, 0.3) is 5.91 Å². The van der Waals surface area contributed by atoms with E-state index in [4.69, 9.17) is 9.47 Å². The van der Waals surface area contributed by atoms with E-state index in [0.29, 0.717) is 17.1 Å². The molecule has 6 nitrogen and oxygen atoms in total. The summed E-state index contributed by atoms with van der Waals surface area (Å²) in [6.45, 7) is 6.11. The van der Waals surface area contributed by atoms with Crippen molar-refractivity contribution >= 4 is 28.2 Å². The summed E-state index contributed by atoms with van der Waals surface area (Å²) >= 11 is 1.53. The molecule has 1 amide bonds. The maximum atomic E-state index is 12.6. The molecule has 0 saturated carbocycles. The maximum Gasteiger partial charge on any atom is 0.341 e. The minimum absolute atomic E-state index is 0.0555. The second-order valence-electron chi connectivity index (χ2n) is 7.05. The lowest BCUT2D eigenvalue weighted by molar-refractivity contribution is -0.907. The molecule has 1 fully saturated rings. The molecular formula is C18H27N2O4S+. The highest BCUT2D eigenvalue weighted by molar-refractivity contribution is 7.17. The molecule has 2 N–H and O–H groups in total. The van der Waals surface area contributed by atoms with Crippen molar-refractivity contribution in [2.45, 2.75) is 51.7 Å². The summed E-state index contributed by atoms with van der Waals surface area (Å²) in [6, 6.07) is 0. The number of carbonyl (C=O) groups excluding carboxylic acids is 2. The zero-order valence-corrected chi connectivity index (χ0v) is 16.0. The Hall–Kier alpha value is -1.44. The van der Waals surface area contributed by atoms with Crippen LogP contribution >= 0.6 is 11.3 Å². The Morgan fingerprint density at radius 2 is 1.92 bits per heavy atom. The smallest absolute Gasteiger partial charge is 0.341 e. The lowest BCUT2D eigenvalue weighted by atomic mass is 9.95. The molecule has 1 aromatic rings. The molecule has 1 saturated heterocycles. The third-order valence-corrected chi connectivity index (χ3v) is 6.05. The van der Waals surface area contributed by atoms with Gasteiger partial charge in [-0.1, -0.05) is 0 Å². The normalized spacial score (nSPS) is 26.0. The van der Waals surface area contributed by atoms with Crippen LogP contribution in [-0.4, -0.2) is 50.8 Å². The molecule has 1 aliphatic carbocycles. The van der Waals surface area contributed by atoms with E-state index in [0.717, 1.165) is 44.3 Å². The summed E-state index contributed by atoms with van der Waals surface area (Å²) in [5.41, 5.74) is 1.63. The van der Waals surface area contributed by atoms with Crippen molar-refractivity contribution in [2.75, 3.05) is 32.1 Å². The third kappa shape index (κ3) is 4.22. The molecule has 7 heteroatoms. The number of quaternary nitrogens is 1. The van der Waals surface area contributed by atoms with E-state index in [9.17, 15) is 9.59 Å². The van der Waals surface area contributed by atoms with Gasteiger partial charge in [0, 0.05) is 4.88 Å². The number of hydrogen-bond acceptors (Lipinski definition) is 5. The summed E-state index contributed by atoms with van der Waals surface area (Å²) in [6.07, 6.45) is 4.39. The predicted molar refractivity (Wildman–Crippen MR) is 96.5 cm³/mol. The number of fused-ring (bicyclic) bond motifs is 1. The standard InChI is InChI=1S/C18H26N2O4S/c1-11-8-20(9-12(2)24-11)10-15(21)19-17-16(18(22)23-3)13-6-4-5-7-14(13)25-17/h11-12H,4-10H2,1-3H3,(H,19,21)/p+1/t11-,12+. The number of amides is 1. The van der Waals surface area contributed by atoms with E-state index in [1.807, 2.05) is 13.8 Å². The second kappa shape index (κ2) is 7.85. The zero-order valence-electron chi connectivity index (χ0n) is 15.1. The van der Waals surface area contributed by atoms with Crippen molar-refractivity contribution in [1.29, 1.82) is 0 Å². The Morgan fingerprint density at radius 3 is 2.60 bits per heavy atom. The van der Waals surface area contributed by atoms with Crippen LogP contribution in [0.4, 0.5) is 5.00 Å². The van der Waals surface area contributed by atoms with Gasteiger partial charge in [0.1, 0.15) is 30.3 Å². The fraction of sp³-hybridized carbons (Fsp3) is 0.667. The Labute approximate surface area is 152 Å². The van der Waals surface area contributed by atoms with Crippen molar-refractivity contribution in [3.63, 3.8) is 0 Å². The van der Waals surface area contributed by atoms with Crippen molar-refractivity contribution in [2.24, 2.45) is 0 Å². The Bertz CT molecular complexity index is 648. The molecule has 1 aliphatic heterocycles. The molecule has 3 rings (SSSR count). The average Bonchev–Trinajstić information content (AvgIpc) is 2.90. The van der Waals surface area contributed by atoms with Crippen LogP contribution in [0.25, 0.3) is 0 Å². The maximum absolute atomic E-state index is 12.6. The van der Waals surface area contributed by atoms with Crippen molar-refractivity contribution < 1.29 is 24.0 Å². The Morgan fingerprint density at radius 1 is 1.24 bits per heavy atom. The predicted octanol–water partition coefficient (Wildman–Crippen LogP) is 1.04. The highest BCUT2D eigenvalue weighted by Crippen LogP contribution is 2.38. The highest BCUT2D eigenvalue weighted by Gasteiger charge is 2.30. The largest absolute Gasteiger partial charge is 0.465 e. The first-order valence-electron chi connectivity index (χ1n) is 8.99. The van der Waals surface area contributed by atoms with Crippen molar-refractivity contribution in [3.8, 4) is 0 Å². The van der Waals surface area contributed by atoms with E-state index in [-0.39, 0.29) is 24.1 Å². The van der Waals surface area contributed by atoms with Crippen LogP contribution in [0.3, 0.4) is 0 Å². The van der Waals surface area contributed by atoms with Gasteiger partial charge in [-0.15, -0.1) is 11.3 Å². The number of ether oxygens (including phenoxy) is 2. The molecule has 2 heterocycles. The summed E-state index contributed by atoms with van der Waals surface area (Å²) in [5.74, 6) is -0.407. The van der Waals surface area contributed by atoms with Crippen LogP contribution in [-0.2, 0) is 27.1 Å². The van der Waals surface area contributed by atoms with Gasteiger partial charge in [0.15, 0.2) is 6.54 Å². The van der Waals surface area contributed by atoms with E-state index in [2.05, 4.69) is 5.32 Å². The van der Waals surface area contributed by atoms with Crippen LogP contribution in [0, 0.1) is 0 Å². The topological polar surface area (TPSA) is 69.1 Å². The third-order valence-electron chi connectivity index (χ3n) is 4.84. The van der Waals surface area contributed by atoms with Crippen molar-refractivity contribution in [3.05, 3.63) is 16.0 Å². The van der Waals surface area contributed by atoms with Gasteiger partial charge < -0.3 is 19.7 Å². The Kier molecular flexibility index (Phi) is 5.76. The molecule has 1 aromatic heterocycles. The number of thiophene rings is 1. The first-order chi connectivity index (χ1) is 12.0. The number of rotatable bonds is 4. The molecule has 25 heavy (non-hydrogen) atoms. The lowest BCUT2D eigenvalue weighted by Gasteiger charge is -2.31. The molecule has 1 unspecified atom stereocenters. The van der Waals surface area contributed by atoms with E-state index in [1.165, 1.54) is 28.2 Å². The molecule has 0 bridgehead atoms. The summed E-state index contributed by atoms with van der Waals surface area (Å²) in [5, 5.41) is 3.63. The summed E-state index contributed by atoms with van der Waals surface area (Å²) in [7, 11) is 1.39. The van der Waals surface area contributed by atoms with E-state index >= 15 is 0 Å². The second-order valence-corrected chi connectivity index (χ2v) is 8.15. The van der Waals surface area contributed by atoms with Crippen LogP contribution < -0.4 is 10.2 Å². The number of hydrogen-bond donors (Lipinski definition) is 2. The monoisotopic (exact) mass is 367 g/mol. The van der Waals surface area contributed by atoms with E-state index < -0.39 is 0 Å². The number of nitrogens with one attached hydrogen (secondary N) is 2. The molecule has 0 radical (unpaired) electrons. The van der Waals surface area contributed by atoms with Crippen LogP contribution in [0.2, 0.25) is 0 Å². The van der Waals surface area contributed by atoms with Gasteiger partial charge in [-0.2, -0.15) is 0 Å². The lowest BCUT2D eigenvalue weighted by Crippen LogP contribution is -3.16. The summed E-state index contributed by atoms with van der Waals surface area (Å²) < 4.78 is 10.7. The molecule has 0 aromatic carbocycles. The SMILES string of the molecule is COC(=O)c1c(NC(=O)C[NH+]2C[C@@H](C)O[C@@H](C)C2)sc2c1CCCC2. The number of methoxy groups -OCH3 is 1. The molecule has 0 spiro atoms. The van der Waals surface area contributed by atoms with E-state index in [1.54, 1.807) is 0 Å². The van der Waals surface area contributed by atoms with Crippen LogP contribution in [0.15, 0.2) is 0 Å². The number of esters is 1. The molecule has 138 valence electrons. The van der Waals surface area contributed by atoms with Gasteiger partial charge in [-0.05, 0) is 45.1 Å². The number of anilines is 1. The average molecular weight is 367 g/mol. The highest BCUT2D eigenvalue weighted by atomic mass is 32.1. The minimum atomic E-state index is -0.351. The molecular weight excluding hydrogens is 340 g/mol. The Balaban J connectivity index is 1.72. The van der Waals surface area contributed by atoms with Crippen molar-refractivity contribution in [1.82, 2.24) is 0 Å². The quantitative estimate of drug-likeness (QED) is 0.781. The fourth-order valence-corrected chi connectivity index (χ4v) is 5.20. The fourth-order valence-electron chi connectivity index (χ4n) is 3.90. The number of carbonyl (C=O) groups is 2. The minimum Gasteiger partial charge on any atom is -0.465 e. The molecule has 2 aliphatic rings. The van der Waals surface area contributed by atoms with Crippen LogP contribution in [0.1, 0.15) is 47.5 Å². The number of morpholine rings is 1. The first kappa shape index (κ1) is 18.4. The van der Waals surface area contributed by atoms with Crippen LogP contribution in [0.5, 0.6) is 0 Å².